The third-order valence-corrected chi connectivity index (χ3v) is 6.46. The van der Waals surface area contributed by atoms with E-state index in [1.54, 1.807) is 35.3 Å². The fraction of sp³-hybridized carbons (Fsp3) is 0.520. The molecule has 1 saturated carbocycles. The SMILES string of the molecule is CC(C)CN1C(O)=C(C(=O)NC2CC2)C(=O)N2NC(C)C(/C=C/C(=O)N(C)Cc3cccnc3)C12. The maximum absolute atomic E-state index is 13.3. The van der Waals surface area contributed by atoms with Crippen molar-refractivity contribution >= 4 is 17.7 Å². The maximum atomic E-state index is 13.3. The van der Waals surface area contributed by atoms with Gasteiger partial charge in [-0.05, 0) is 43.4 Å². The topological polar surface area (TPSA) is 118 Å². The molecule has 3 unspecified atom stereocenters. The van der Waals surface area contributed by atoms with Crippen LogP contribution in [0.15, 0.2) is 48.1 Å². The summed E-state index contributed by atoms with van der Waals surface area (Å²) in [6, 6.07) is 3.59. The molecule has 0 spiro atoms. The highest BCUT2D eigenvalue weighted by molar-refractivity contribution is 6.19. The maximum Gasteiger partial charge on any atom is 0.280 e. The minimum atomic E-state index is -0.565. The molecule has 3 atom stereocenters. The van der Waals surface area contributed by atoms with Gasteiger partial charge >= 0.3 is 0 Å². The molecule has 1 saturated heterocycles. The first-order chi connectivity index (χ1) is 16.7. The molecule has 3 N–H and O–H groups in total. The Morgan fingerprint density at radius 3 is 2.74 bits per heavy atom. The predicted molar refractivity (Wildman–Crippen MR) is 129 cm³/mol. The summed E-state index contributed by atoms with van der Waals surface area (Å²) < 4.78 is 0. The van der Waals surface area contributed by atoms with Gasteiger partial charge in [0, 0.05) is 50.5 Å². The number of aliphatic hydroxyl groups excluding tert-OH is 1. The van der Waals surface area contributed by atoms with Gasteiger partial charge in [-0.25, -0.2) is 10.4 Å². The van der Waals surface area contributed by atoms with Crippen molar-refractivity contribution in [3.8, 4) is 0 Å². The van der Waals surface area contributed by atoms with Crippen molar-refractivity contribution in [2.45, 2.75) is 58.4 Å². The van der Waals surface area contributed by atoms with Crippen LogP contribution in [0, 0.1) is 11.8 Å². The van der Waals surface area contributed by atoms with Crippen LogP contribution >= 0.6 is 0 Å². The number of likely N-dealkylation sites (N-methyl/N-ethyl adjacent to an activating group) is 1. The number of hydrogen-bond donors (Lipinski definition) is 3. The van der Waals surface area contributed by atoms with Crippen LogP contribution in [0.5, 0.6) is 0 Å². The summed E-state index contributed by atoms with van der Waals surface area (Å²) in [5.41, 5.74) is 3.84. The van der Waals surface area contributed by atoms with Gasteiger partial charge in [0.05, 0.1) is 0 Å². The minimum absolute atomic E-state index is 0.0580. The number of rotatable bonds is 8. The molecule has 3 aliphatic rings. The molecule has 0 aromatic carbocycles. The average molecular weight is 483 g/mol. The van der Waals surface area contributed by atoms with Crippen LogP contribution < -0.4 is 10.7 Å². The molecule has 10 nitrogen and oxygen atoms in total. The van der Waals surface area contributed by atoms with E-state index in [0.29, 0.717) is 13.1 Å². The number of hydrogen-bond acceptors (Lipinski definition) is 7. The number of pyridine rings is 1. The highest BCUT2D eigenvalue weighted by atomic mass is 16.3. The van der Waals surface area contributed by atoms with Crippen LogP contribution in [0.3, 0.4) is 0 Å². The molecule has 1 aromatic heterocycles. The van der Waals surface area contributed by atoms with Gasteiger partial charge in [0.2, 0.25) is 11.8 Å². The molecule has 10 heteroatoms. The van der Waals surface area contributed by atoms with Crippen molar-refractivity contribution in [3.05, 3.63) is 53.7 Å². The molecule has 3 amide bonds. The fourth-order valence-corrected chi connectivity index (χ4v) is 4.52. The van der Waals surface area contributed by atoms with Gasteiger partial charge in [-0.15, -0.1) is 0 Å². The predicted octanol–water partition coefficient (Wildman–Crippen LogP) is 1.29. The number of fused-ring (bicyclic) bond motifs is 1. The lowest BCUT2D eigenvalue weighted by Crippen LogP contribution is -2.59. The number of aromatic nitrogens is 1. The summed E-state index contributed by atoms with van der Waals surface area (Å²) in [4.78, 5) is 46.2. The second-order valence-corrected chi connectivity index (χ2v) is 9.99. The Kier molecular flexibility index (Phi) is 7.11. The Bertz CT molecular complexity index is 1040. The normalized spacial score (nSPS) is 24.4. The van der Waals surface area contributed by atoms with E-state index in [1.165, 1.54) is 11.1 Å². The fourth-order valence-electron chi connectivity index (χ4n) is 4.52. The first-order valence-corrected chi connectivity index (χ1v) is 12.1. The second-order valence-electron chi connectivity index (χ2n) is 9.99. The Hall–Kier alpha value is -3.40. The third-order valence-electron chi connectivity index (χ3n) is 6.46. The van der Waals surface area contributed by atoms with Gasteiger partial charge in [-0.2, -0.15) is 0 Å². The summed E-state index contributed by atoms with van der Waals surface area (Å²) in [6.45, 7) is 6.79. The summed E-state index contributed by atoms with van der Waals surface area (Å²) >= 11 is 0. The Morgan fingerprint density at radius 1 is 1.37 bits per heavy atom. The number of nitrogens with one attached hydrogen (secondary N) is 2. The van der Waals surface area contributed by atoms with E-state index in [2.05, 4.69) is 15.7 Å². The lowest BCUT2D eigenvalue weighted by Gasteiger charge is -2.42. The summed E-state index contributed by atoms with van der Waals surface area (Å²) in [6.07, 6.45) is 7.89. The summed E-state index contributed by atoms with van der Waals surface area (Å²) in [5.74, 6) is -1.73. The zero-order valence-electron chi connectivity index (χ0n) is 20.6. The summed E-state index contributed by atoms with van der Waals surface area (Å²) in [5, 5.41) is 15.3. The van der Waals surface area contributed by atoms with Gasteiger partial charge in [-0.3, -0.25) is 19.4 Å². The molecule has 2 aliphatic heterocycles. The van der Waals surface area contributed by atoms with E-state index in [4.69, 9.17) is 0 Å². The lowest BCUT2D eigenvalue weighted by molar-refractivity contribution is -0.142. The molecule has 2 fully saturated rings. The van der Waals surface area contributed by atoms with Crippen molar-refractivity contribution in [3.63, 3.8) is 0 Å². The molecule has 1 aromatic rings. The molecule has 1 aliphatic carbocycles. The van der Waals surface area contributed by atoms with Crippen molar-refractivity contribution in [2.75, 3.05) is 13.6 Å². The largest absolute Gasteiger partial charge is 0.494 e. The molecule has 0 radical (unpaired) electrons. The van der Waals surface area contributed by atoms with Gasteiger partial charge in [0.1, 0.15) is 6.17 Å². The van der Waals surface area contributed by atoms with E-state index in [1.807, 2.05) is 32.9 Å². The van der Waals surface area contributed by atoms with Crippen LogP contribution in [-0.2, 0) is 20.9 Å². The molecule has 3 heterocycles. The van der Waals surface area contributed by atoms with Crippen molar-refractivity contribution in [1.29, 1.82) is 0 Å². The number of hydrazine groups is 1. The minimum Gasteiger partial charge on any atom is -0.494 e. The van der Waals surface area contributed by atoms with Crippen molar-refractivity contribution in [2.24, 2.45) is 11.8 Å². The van der Waals surface area contributed by atoms with Gasteiger partial charge in [0.15, 0.2) is 5.57 Å². The van der Waals surface area contributed by atoms with Crippen LogP contribution in [0.4, 0.5) is 0 Å². The van der Waals surface area contributed by atoms with Crippen molar-refractivity contribution in [1.82, 2.24) is 30.5 Å². The number of aliphatic hydroxyl groups is 1. The number of nitrogens with zero attached hydrogens (tertiary/aromatic N) is 4. The molecule has 35 heavy (non-hydrogen) atoms. The zero-order chi connectivity index (χ0) is 25.3. The quantitative estimate of drug-likeness (QED) is 0.378. The van der Waals surface area contributed by atoms with Gasteiger partial charge < -0.3 is 20.2 Å². The molecular weight excluding hydrogens is 448 g/mol. The van der Waals surface area contributed by atoms with Gasteiger partial charge in [0.25, 0.3) is 11.8 Å². The average Bonchev–Trinajstić information content (AvgIpc) is 3.56. The van der Waals surface area contributed by atoms with E-state index in [0.717, 1.165) is 18.4 Å². The highest BCUT2D eigenvalue weighted by Gasteiger charge is 2.51. The number of amides is 3. The van der Waals surface area contributed by atoms with E-state index in [-0.39, 0.29) is 41.3 Å². The Morgan fingerprint density at radius 2 is 2.11 bits per heavy atom. The van der Waals surface area contributed by atoms with Crippen LogP contribution in [0.2, 0.25) is 0 Å². The van der Waals surface area contributed by atoms with Gasteiger partial charge in [-0.1, -0.05) is 26.0 Å². The molecular formula is C25H34N6O4. The Labute approximate surface area is 205 Å². The lowest BCUT2D eigenvalue weighted by atomic mass is 9.95. The third kappa shape index (κ3) is 5.32. The monoisotopic (exact) mass is 482 g/mol. The molecule has 188 valence electrons. The first kappa shape index (κ1) is 24.7. The van der Waals surface area contributed by atoms with Crippen LogP contribution in [0.1, 0.15) is 39.2 Å². The van der Waals surface area contributed by atoms with Crippen molar-refractivity contribution < 1.29 is 19.5 Å². The smallest absolute Gasteiger partial charge is 0.280 e. The molecule has 4 rings (SSSR count). The standard InChI is InChI=1S/C25H34N6O4/c1-15(2)13-30-23-19(9-10-20(32)29(4)14-17-6-5-11-26-12-17)16(3)28-31(23)25(35)21(24(30)34)22(33)27-18-7-8-18/h5-6,9-12,15-16,18-19,23,28,34H,7-8,13-14H2,1-4H3,(H,27,33)/b10-9+. The number of carbonyl (C=O) groups excluding carboxylic acids is 3. The number of carbonyl (C=O) groups is 3. The zero-order valence-corrected chi connectivity index (χ0v) is 20.6. The van der Waals surface area contributed by atoms with E-state index < -0.39 is 18.0 Å². The molecule has 0 bridgehead atoms. The second kappa shape index (κ2) is 10.1. The summed E-state index contributed by atoms with van der Waals surface area (Å²) in [7, 11) is 1.72. The van der Waals surface area contributed by atoms with Crippen LogP contribution in [0.25, 0.3) is 0 Å². The van der Waals surface area contributed by atoms with E-state index >= 15 is 0 Å². The van der Waals surface area contributed by atoms with E-state index in [9.17, 15) is 19.5 Å². The first-order valence-electron chi connectivity index (χ1n) is 12.1. The Balaban J connectivity index is 1.56. The van der Waals surface area contributed by atoms with Crippen LogP contribution in [-0.4, -0.2) is 74.5 Å². The highest BCUT2D eigenvalue weighted by Crippen LogP contribution is 2.35.